The monoisotopic (exact) mass is 2570 g/mol. The van der Waals surface area contributed by atoms with Gasteiger partial charge in [0, 0.05) is 139 Å². The fourth-order valence-corrected chi connectivity index (χ4v) is 25.6. The largest absolute Gasteiger partial charge is 0.497 e. The first-order valence-corrected chi connectivity index (χ1v) is 56.8. The topological polar surface area (TPSA) is 495 Å². The van der Waals surface area contributed by atoms with Gasteiger partial charge < -0.3 is 64.0 Å². The van der Waals surface area contributed by atoms with Crippen LogP contribution in [0.3, 0.4) is 0 Å². The zero-order valence-corrected chi connectivity index (χ0v) is 92.4. The average molecular weight is 2570 g/mol. The summed E-state index contributed by atoms with van der Waals surface area (Å²) in [5.41, 5.74) is 23.6. The van der Waals surface area contributed by atoms with E-state index in [1.807, 2.05) is 70.5 Å². The average Bonchev–Trinajstić information content (AvgIpc) is 1.10. The van der Waals surface area contributed by atoms with E-state index < -0.39 is 62.1 Å². The molecule has 39 nitrogen and oxygen atoms in total. The summed E-state index contributed by atoms with van der Waals surface area (Å²) in [6.07, 6.45) is 1.19. The molecule has 0 fully saturated rings. The van der Waals surface area contributed by atoms with E-state index in [9.17, 15) is 67.1 Å². The Labute approximate surface area is 920 Å². The Balaban J connectivity index is 0.000000158. The normalized spacial score (nSPS) is 12.7. The van der Waals surface area contributed by atoms with E-state index in [0.29, 0.717) is 141 Å². The van der Waals surface area contributed by atoms with Crippen molar-refractivity contribution < 1.29 is 99.7 Å². The van der Waals surface area contributed by atoms with Crippen molar-refractivity contribution in [3.63, 3.8) is 0 Å². The molecule has 4 aromatic heterocycles. The lowest BCUT2D eigenvalue weighted by molar-refractivity contribution is -0.385. The molecule has 11 aromatic carbocycles. The molecule has 4 aliphatic rings. The maximum Gasteiger partial charge on any atom is 0.490 e. The zero-order chi connectivity index (χ0) is 107. The third-order valence-corrected chi connectivity index (χ3v) is 35.9. The quantitative estimate of drug-likeness (QED) is 0.00706. The highest BCUT2D eigenvalue weighted by atomic mass is 127. The molecular formula is C95H84Br4F3IN18O21S8. The molecule has 5 N–H and O–H groups in total. The lowest BCUT2D eigenvalue weighted by Crippen LogP contribution is -2.31. The summed E-state index contributed by atoms with van der Waals surface area (Å²) in [5, 5.41) is 43.7. The number of hydrogen-bond donors (Lipinski definition) is 4. The van der Waals surface area contributed by atoms with E-state index in [0.717, 1.165) is 62.1 Å². The number of methoxy groups -OCH3 is 3. The van der Waals surface area contributed by atoms with Crippen molar-refractivity contribution in [3.05, 3.63) is 334 Å². The SMILES string of the molecule is C.COc1ccc(CN(c2nccs2)S(=O)(=O)c2ccc3c(c2)OCCN3)cc1.COc1ccc(CN(c2nccs2)S(=O)(=O)c2ccc3c(c2)OCCN3c2ccc(N)cc2Br)cc1.COc1ccc(CN(c2nccs2)S(=O)(=O)c2ccc3c(c2)OCCN3c2ccc([N+](=O)[O-])cc2Br)cc1.O=C(O)C(F)(F)F.O=[N+]([O-])c1ccc(I)c(Br)c1.[N-]=[N+]=Nc1ccc(N2CCOc3cc(S(=O)(=O)Nc4nccs4)ccc32)c(Br)c1. The zero-order valence-electron chi connectivity index (χ0n) is 77.4. The van der Waals surface area contributed by atoms with Gasteiger partial charge in [0.2, 0.25) is 0 Å². The van der Waals surface area contributed by atoms with E-state index in [4.69, 9.17) is 54.3 Å². The van der Waals surface area contributed by atoms with Gasteiger partial charge in [0.25, 0.3) is 51.5 Å². The number of non-ortho nitro benzene ring substituents is 2. The molecule has 15 aromatic rings. The van der Waals surface area contributed by atoms with Crippen molar-refractivity contribution in [3.8, 4) is 40.2 Å². The molecule has 0 saturated heterocycles. The highest BCUT2D eigenvalue weighted by molar-refractivity contribution is 14.1. The number of hydrogen-bond acceptors (Lipinski definition) is 34. The van der Waals surface area contributed by atoms with Gasteiger partial charge in [0.05, 0.1) is 130 Å². The number of rotatable bonds is 27. The molecule has 0 aliphatic carbocycles. The van der Waals surface area contributed by atoms with Gasteiger partial charge in [-0.3, -0.25) is 25.0 Å². The van der Waals surface area contributed by atoms with Crippen LogP contribution in [-0.4, -0.2) is 155 Å². The summed E-state index contributed by atoms with van der Waals surface area (Å²) in [7, 11) is -10.8. The first-order chi connectivity index (χ1) is 71.2. The van der Waals surface area contributed by atoms with Crippen LogP contribution in [0.15, 0.2) is 307 Å². The lowest BCUT2D eigenvalue weighted by atomic mass is 10.2. The number of anilines is 12. The number of aromatic nitrogens is 4. The van der Waals surface area contributed by atoms with E-state index in [1.54, 1.807) is 171 Å². The Kier molecular flexibility index (Phi) is 38.6. The smallest absolute Gasteiger partial charge is 0.490 e. The van der Waals surface area contributed by atoms with Crippen LogP contribution < -0.4 is 76.5 Å². The van der Waals surface area contributed by atoms with Gasteiger partial charge in [0.1, 0.15) is 66.7 Å². The number of thiazole rings is 4. The summed E-state index contributed by atoms with van der Waals surface area (Å²) in [6, 6.07) is 61.1. The number of azide groups is 1. The highest BCUT2D eigenvalue weighted by Crippen LogP contribution is 2.48. The molecule has 55 heteroatoms. The van der Waals surface area contributed by atoms with E-state index in [1.165, 1.54) is 113 Å². The number of alkyl halides is 3. The molecule has 8 heterocycles. The van der Waals surface area contributed by atoms with Crippen LogP contribution in [-0.2, 0) is 64.5 Å². The molecule has 0 bridgehead atoms. The molecule has 150 heavy (non-hydrogen) atoms. The number of ether oxygens (including phenoxy) is 7. The highest BCUT2D eigenvalue weighted by Gasteiger charge is 2.39. The Morgan fingerprint density at radius 3 is 1.22 bits per heavy atom. The van der Waals surface area contributed by atoms with E-state index >= 15 is 0 Å². The number of nitro benzene ring substituents is 2. The number of carboxylic acids is 1. The molecule has 4 aliphatic heterocycles. The van der Waals surface area contributed by atoms with Crippen molar-refractivity contribution in [2.45, 2.75) is 52.8 Å². The molecule has 0 amide bonds. The summed E-state index contributed by atoms with van der Waals surface area (Å²) < 4.78 is 188. The number of nitrogens with zero attached hydrogens (tertiary/aromatic N) is 15. The Bertz CT molecular complexity index is 7870. The maximum absolute atomic E-state index is 13.9. The number of carbonyl (C=O) groups is 1. The van der Waals surface area contributed by atoms with Crippen molar-refractivity contribution in [1.82, 2.24) is 19.9 Å². The summed E-state index contributed by atoms with van der Waals surface area (Å²) in [6.45, 7) is 4.36. The molecule has 0 saturated carbocycles. The molecule has 0 atom stereocenters. The number of sulfonamides is 4. The number of fused-ring (bicyclic) bond motifs is 4. The predicted octanol–water partition coefficient (Wildman–Crippen LogP) is 23.9. The van der Waals surface area contributed by atoms with Crippen LogP contribution in [0.25, 0.3) is 10.4 Å². The predicted molar refractivity (Wildman–Crippen MR) is 592 cm³/mol. The van der Waals surface area contributed by atoms with Crippen molar-refractivity contribution in [2.75, 3.05) is 117 Å². The molecule has 0 unspecified atom stereocenters. The number of benzene rings is 11. The Hall–Kier alpha value is -13.4. The number of halogens is 8. The van der Waals surface area contributed by atoms with E-state index in [-0.39, 0.29) is 58.0 Å². The lowest BCUT2D eigenvalue weighted by Gasteiger charge is -2.32. The summed E-state index contributed by atoms with van der Waals surface area (Å²) in [5.74, 6) is 1.22. The van der Waals surface area contributed by atoms with Gasteiger partial charge in [-0.1, -0.05) is 55.0 Å². The van der Waals surface area contributed by atoms with Crippen LogP contribution in [0.1, 0.15) is 24.1 Å². The van der Waals surface area contributed by atoms with Gasteiger partial charge in [-0.25, -0.2) is 71.3 Å². The minimum Gasteiger partial charge on any atom is -0.497 e. The summed E-state index contributed by atoms with van der Waals surface area (Å²) in [4.78, 5) is 55.4. The second kappa shape index (κ2) is 50.9. The second-order valence-electron chi connectivity index (χ2n) is 30.9. The minimum atomic E-state index is -5.08. The number of carboxylic acid groups (broad SMARTS) is 1. The molecule has 0 spiro atoms. The van der Waals surface area contributed by atoms with Gasteiger partial charge in [-0.15, -0.1) is 45.3 Å². The summed E-state index contributed by atoms with van der Waals surface area (Å²) >= 11 is 20.8. The number of nitrogens with two attached hydrogens (primary N) is 1. The van der Waals surface area contributed by atoms with Crippen molar-refractivity contribution in [2.24, 2.45) is 5.11 Å². The van der Waals surface area contributed by atoms with Crippen molar-refractivity contribution in [1.29, 1.82) is 0 Å². The fraction of sp³-hybridized carbons (Fsp3) is 0.168. The maximum atomic E-state index is 13.9. The number of nitrogen functional groups attached to an aromatic ring is 1. The van der Waals surface area contributed by atoms with Crippen LogP contribution in [0.2, 0.25) is 0 Å². The molecule has 0 radical (unpaired) electrons. The second-order valence-corrected chi connectivity index (χ2v) is 46.2. The van der Waals surface area contributed by atoms with Gasteiger partial charge in [-0.05, 0) is 236 Å². The number of nitro groups is 2. The molecule has 19 rings (SSSR count). The first-order valence-electron chi connectivity index (χ1n) is 43.2. The van der Waals surface area contributed by atoms with Crippen LogP contribution in [0.5, 0.6) is 40.2 Å². The number of nitrogens with one attached hydrogen (secondary N) is 2. The van der Waals surface area contributed by atoms with Crippen molar-refractivity contribution >= 4 is 261 Å². The third kappa shape index (κ3) is 28.2. The Morgan fingerprint density at radius 1 is 0.500 bits per heavy atom. The van der Waals surface area contributed by atoms with Gasteiger partial charge >= 0.3 is 12.1 Å². The van der Waals surface area contributed by atoms with Gasteiger partial charge in [-0.2, -0.15) is 13.2 Å². The fourth-order valence-electron chi connectivity index (χ4n) is 14.4. The standard InChI is InChI=1S/C25H21BrN4O6S2.C25H23BrN4O4S2.C19H19N3O4S2.C17H13BrN6O3S2.C6H3BrINO2.C2HF3O2.CH4/c1-35-19-5-2-17(3-6-19)16-29(25-27-10-13-37-25)38(33,34)20-7-9-23-24(15-20)36-12-11-28(23)22-8-4-18(30(31)32)14-21(22)26;1-33-19-5-2-17(3-6-19)16-30(25-28-10-13-35-25)36(31,32)20-7-9-23-24(15-20)34-12-11-29(23)22-8-4-18(27)14-21(22)26;1-25-15-4-2-14(3-5-15)13-22(19-21-9-11-27-19)28(23,24)16-6-7-17-18(12-16)26-10-8-20-17;18-13-9-11(21-23-19)1-3-14(13)24-6-7-27-16-10-12(2-4-15(16)24)29(25,26)22-17-20-5-8-28-17;7-5-3-4(9(10)11)1-2-6(5)8;3-2(4,5)1(6)7;/h2-10,13-15H,11-12,16H2,1H3;2-10,13-15H,11-12,16,27H2,1H3;2-7,9,11-12,20H,8,10,13H2,1H3;1-5,8-10H,6-7H2,(H,20,22);1-3H;(H,6,7);1H4. The van der Waals surface area contributed by atoms with Gasteiger partial charge in [0.15, 0.2) is 20.5 Å². The minimum absolute atomic E-state index is 0. The molecular weight excluding hydrogens is 2490 g/mol. The van der Waals surface area contributed by atoms with Crippen LogP contribution in [0.4, 0.5) is 96.3 Å². The van der Waals surface area contributed by atoms with Crippen LogP contribution >= 0.6 is 132 Å². The Morgan fingerprint density at radius 2 is 0.853 bits per heavy atom. The third-order valence-electron chi connectivity index (χ3n) is 21.5. The first kappa shape index (κ1) is 114. The van der Waals surface area contributed by atoms with Crippen LogP contribution in [0, 0.1) is 23.8 Å². The van der Waals surface area contributed by atoms with E-state index in [2.05, 4.69) is 131 Å². The number of aliphatic carboxylic acids is 1. The molecule has 784 valence electrons.